The van der Waals surface area contributed by atoms with Gasteiger partial charge in [0.05, 0.1) is 10.2 Å². The highest BCUT2D eigenvalue weighted by Gasteiger charge is 2.22. The van der Waals surface area contributed by atoms with Crippen molar-refractivity contribution in [1.82, 2.24) is 15.0 Å². The summed E-state index contributed by atoms with van der Waals surface area (Å²) in [6.45, 7) is 8.31. The van der Waals surface area contributed by atoms with Gasteiger partial charge in [0.2, 0.25) is 0 Å². The average molecular weight is 370 g/mol. The van der Waals surface area contributed by atoms with Crippen molar-refractivity contribution in [3.05, 3.63) is 35.3 Å². The van der Waals surface area contributed by atoms with Gasteiger partial charge < -0.3 is 0 Å². The molecule has 3 nitrogen and oxygen atoms in total. The molecule has 0 aliphatic heterocycles. The van der Waals surface area contributed by atoms with Crippen LogP contribution in [0.5, 0.6) is 0 Å². The third-order valence-electron chi connectivity index (χ3n) is 4.72. The van der Waals surface area contributed by atoms with Gasteiger partial charge in [-0.1, -0.05) is 25.5 Å². The molecule has 1 aliphatic carbocycles. The lowest BCUT2D eigenvalue weighted by Crippen LogP contribution is -2.09. The quantitative estimate of drug-likeness (QED) is 0.327. The summed E-state index contributed by atoms with van der Waals surface area (Å²) >= 11 is 3.52. The first-order chi connectivity index (χ1) is 12.2. The molecule has 0 atom stereocenters. The summed E-state index contributed by atoms with van der Waals surface area (Å²) in [6.07, 6.45) is 8.84. The van der Waals surface area contributed by atoms with Crippen LogP contribution in [0.1, 0.15) is 49.9 Å². The molecular formula is C20H23N3S2. The van der Waals surface area contributed by atoms with Crippen LogP contribution >= 0.6 is 23.1 Å². The average Bonchev–Trinajstić information content (AvgIpc) is 2.99. The number of fused-ring (bicyclic) bond motifs is 5. The normalized spacial score (nSPS) is 14.2. The zero-order valence-corrected chi connectivity index (χ0v) is 16.5. The van der Waals surface area contributed by atoms with Crippen molar-refractivity contribution in [2.24, 2.45) is 0 Å². The fourth-order valence-corrected chi connectivity index (χ4v) is 5.75. The molecule has 5 heteroatoms. The number of nitrogens with zero attached hydrogens (tertiary/aromatic N) is 3. The van der Waals surface area contributed by atoms with Gasteiger partial charge in [-0.25, -0.2) is 15.0 Å². The van der Waals surface area contributed by atoms with Crippen LogP contribution < -0.4 is 0 Å². The van der Waals surface area contributed by atoms with Crippen molar-refractivity contribution < 1.29 is 0 Å². The number of thioether (sulfide) groups is 1. The molecule has 4 rings (SSSR count). The number of rotatable bonds is 5. The minimum absolute atomic E-state index is 0.896. The van der Waals surface area contributed by atoms with Crippen LogP contribution in [0.3, 0.4) is 0 Å². The van der Waals surface area contributed by atoms with Crippen molar-refractivity contribution in [3.8, 4) is 0 Å². The predicted molar refractivity (Wildman–Crippen MR) is 109 cm³/mol. The van der Waals surface area contributed by atoms with E-state index in [1.54, 1.807) is 29.4 Å². The summed E-state index contributed by atoms with van der Waals surface area (Å²) in [6, 6.07) is 0. The van der Waals surface area contributed by atoms with Gasteiger partial charge in [-0.15, -0.1) is 23.1 Å². The number of hydrogen-bond acceptors (Lipinski definition) is 5. The van der Waals surface area contributed by atoms with Gasteiger partial charge in [0, 0.05) is 16.8 Å². The van der Waals surface area contributed by atoms with Crippen LogP contribution in [0, 0.1) is 0 Å². The second-order valence-corrected chi connectivity index (χ2v) is 8.82. The summed E-state index contributed by atoms with van der Waals surface area (Å²) < 4.78 is 1.19. The van der Waals surface area contributed by atoms with Crippen LogP contribution in [-0.4, -0.2) is 20.7 Å². The third kappa shape index (κ3) is 3.08. The standard InChI is InChI=1S/C20H23N3S2/c1-4-7-15-13-8-5-6-9-14(13)16-17-18(25-19(16)23-15)20(22-11-21-17)24-10-12(2)3/h11H,2,4-10H2,1,3H3. The Morgan fingerprint density at radius 2 is 2.04 bits per heavy atom. The number of thiophene rings is 1. The lowest BCUT2D eigenvalue weighted by molar-refractivity contribution is 0.675. The molecule has 0 unspecified atom stereocenters. The summed E-state index contributed by atoms with van der Waals surface area (Å²) in [5, 5.41) is 2.37. The molecule has 1 aliphatic rings. The maximum Gasteiger partial charge on any atom is 0.126 e. The molecule has 0 N–H and O–H groups in total. The van der Waals surface area contributed by atoms with Gasteiger partial charge in [-0.3, -0.25) is 0 Å². The number of aryl methyl sites for hydroxylation is 2. The second-order valence-electron chi connectivity index (χ2n) is 6.86. The van der Waals surface area contributed by atoms with E-state index in [9.17, 15) is 0 Å². The zero-order chi connectivity index (χ0) is 17.4. The minimum Gasteiger partial charge on any atom is -0.242 e. The first-order valence-electron chi connectivity index (χ1n) is 9.04. The Labute approximate surface area is 157 Å². The topological polar surface area (TPSA) is 38.7 Å². The number of aromatic nitrogens is 3. The van der Waals surface area contributed by atoms with E-state index < -0.39 is 0 Å². The molecule has 25 heavy (non-hydrogen) atoms. The maximum absolute atomic E-state index is 5.08. The van der Waals surface area contributed by atoms with Gasteiger partial charge >= 0.3 is 0 Å². The smallest absolute Gasteiger partial charge is 0.126 e. The molecule has 0 saturated heterocycles. The highest BCUT2D eigenvalue weighted by Crippen LogP contribution is 2.41. The van der Waals surface area contributed by atoms with Crippen molar-refractivity contribution in [1.29, 1.82) is 0 Å². The van der Waals surface area contributed by atoms with Gasteiger partial charge in [-0.05, 0) is 50.2 Å². The van der Waals surface area contributed by atoms with Crippen LogP contribution in [-0.2, 0) is 19.3 Å². The molecule has 0 aromatic carbocycles. The highest BCUT2D eigenvalue weighted by atomic mass is 32.2. The monoisotopic (exact) mass is 369 g/mol. The van der Waals surface area contributed by atoms with Crippen molar-refractivity contribution >= 4 is 43.5 Å². The van der Waals surface area contributed by atoms with E-state index in [1.165, 1.54) is 51.7 Å². The van der Waals surface area contributed by atoms with Gasteiger partial charge in [-0.2, -0.15) is 0 Å². The van der Waals surface area contributed by atoms with Gasteiger partial charge in [0.15, 0.2) is 0 Å². The van der Waals surface area contributed by atoms with E-state index in [0.29, 0.717) is 0 Å². The highest BCUT2D eigenvalue weighted by molar-refractivity contribution is 7.99. The first-order valence-corrected chi connectivity index (χ1v) is 10.8. The molecule has 3 aromatic heterocycles. The number of pyridine rings is 1. The molecular weight excluding hydrogens is 346 g/mol. The largest absolute Gasteiger partial charge is 0.242 e. The zero-order valence-electron chi connectivity index (χ0n) is 14.9. The fraction of sp³-hybridized carbons (Fsp3) is 0.450. The maximum atomic E-state index is 5.08. The van der Waals surface area contributed by atoms with Gasteiger partial charge in [0.1, 0.15) is 16.2 Å². The Bertz CT molecular complexity index is 959. The molecule has 0 amide bonds. The van der Waals surface area contributed by atoms with E-state index in [2.05, 4.69) is 30.4 Å². The van der Waals surface area contributed by atoms with Gasteiger partial charge in [0.25, 0.3) is 0 Å². The van der Waals surface area contributed by atoms with Crippen molar-refractivity contribution in [2.45, 2.75) is 57.4 Å². The molecule has 0 fully saturated rings. The van der Waals surface area contributed by atoms with Crippen LogP contribution in [0.15, 0.2) is 23.5 Å². The Hall–Kier alpha value is -1.46. The van der Waals surface area contributed by atoms with Crippen molar-refractivity contribution in [2.75, 3.05) is 5.75 Å². The predicted octanol–water partition coefficient (Wildman–Crippen LogP) is 5.74. The molecule has 0 spiro atoms. The first kappa shape index (κ1) is 17.0. The molecule has 130 valence electrons. The van der Waals surface area contributed by atoms with Crippen molar-refractivity contribution in [3.63, 3.8) is 0 Å². The Morgan fingerprint density at radius 1 is 1.24 bits per heavy atom. The van der Waals surface area contributed by atoms with E-state index in [4.69, 9.17) is 4.98 Å². The molecule has 3 heterocycles. The fourth-order valence-electron chi connectivity index (χ4n) is 3.66. The minimum atomic E-state index is 0.896. The number of hydrogen-bond donors (Lipinski definition) is 0. The van der Waals surface area contributed by atoms with E-state index >= 15 is 0 Å². The second kappa shape index (κ2) is 7.04. The van der Waals surface area contributed by atoms with E-state index in [-0.39, 0.29) is 0 Å². The molecule has 0 saturated carbocycles. The molecule has 3 aromatic rings. The lowest BCUT2D eigenvalue weighted by Gasteiger charge is -2.19. The van der Waals surface area contributed by atoms with E-state index in [0.717, 1.165) is 40.4 Å². The molecule has 0 radical (unpaired) electrons. The van der Waals surface area contributed by atoms with Crippen LogP contribution in [0.4, 0.5) is 0 Å². The summed E-state index contributed by atoms with van der Waals surface area (Å²) in [7, 11) is 0. The van der Waals surface area contributed by atoms with Crippen LogP contribution in [0.2, 0.25) is 0 Å². The third-order valence-corrected chi connectivity index (χ3v) is 7.15. The Morgan fingerprint density at radius 3 is 2.80 bits per heavy atom. The Kier molecular flexibility index (Phi) is 4.78. The van der Waals surface area contributed by atoms with Crippen LogP contribution in [0.25, 0.3) is 20.4 Å². The summed E-state index contributed by atoms with van der Waals surface area (Å²) in [5.41, 5.74) is 6.61. The lowest BCUT2D eigenvalue weighted by atomic mass is 9.88. The summed E-state index contributed by atoms with van der Waals surface area (Å²) in [5.74, 6) is 0.896. The Balaban J connectivity index is 1.95. The summed E-state index contributed by atoms with van der Waals surface area (Å²) in [4.78, 5) is 15.4. The molecule has 0 bridgehead atoms. The SMILES string of the molecule is C=C(C)CSc1ncnc2c1sc1nc(CCC)c3c(c12)CCCC3. The van der Waals surface area contributed by atoms with E-state index in [1.807, 2.05) is 0 Å².